The van der Waals surface area contributed by atoms with Crippen LogP contribution in [0.15, 0.2) is 30.5 Å². The van der Waals surface area contributed by atoms with Crippen LogP contribution in [0.5, 0.6) is 0 Å². The molecule has 2 atom stereocenters. The van der Waals surface area contributed by atoms with Crippen LogP contribution in [0.1, 0.15) is 18.4 Å². The second kappa shape index (κ2) is 9.40. The average molecular weight is 350 g/mol. The van der Waals surface area contributed by atoms with Crippen LogP contribution >= 0.6 is 0 Å². The number of primary amides is 1. The molecule has 136 valence electrons. The van der Waals surface area contributed by atoms with Crippen LogP contribution in [-0.2, 0) is 20.8 Å². The Balaban J connectivity index is 0.000000275. The van der Waals surface area contributed by atoms with Gasteiger partial charge in [0.25, 0.3) is 0 Å². The summed E-state index contributed by atoms with van der Waals surface area (Å²) in [6, 6.07) is 5.93. The minimum absolute atomic E-state index is 0.0213. The second-order valence-electron chi connectivity index (χ2n) is 5.46. The van der Waals surface area contributed by atoms with Crippen LogP contribution in [0, 0.1) is 0 Å². The largest absolute Gasteiger partial charge is 0.480 e. The number of rotatable bonds is 7. The molecule has 0 fully saturated rings. The number of fused-ring (bicyclic) bond motifs is 1. The molecule has 9 heteroatoms. The van der Waals surface area contributed by atoms with E-state index in [1.54, 1.807) is 0 Å². The van der Waals surface area contributed by atoms with E-state index in [-0.39, 0.29) is 12.8 Å². The van der Waals surface area contributed by atoms with Gasteiger partial charge in [-0.2, -0.15) is 0 Å². The molecule has 1 amide bonds. The lowest BCUT2D eigenvalue weighted by Crippen LogP contribution is -2.32. The highest BCUT2D eigenvalue weighted by atomic mass is 16.4. The normalized spacial score (nSPS) is 12.7. The fourth-order valence-electron chi connectivity index (χ4n) is 2.05. The van der Waals surface area contributed by atoms with E-state index in [1.165, 1.54) is 0 Å². The van der Waals surface area contributed by atoms with Gasteiger partial charge in [0.15, 0.2) is 0 Å². The minimum Gasteiger partial charge on any atom is -0.480 e. The molecule has 2 aromatic rings. The SMILES string of the molecule is NC(=O)CCC(N)C(=O)O.NC(Cc1c[nH]c2ccccc12)C(=O)O. The molecule has 0 saturated heterocycles. The summed E-state index contributed by atoms with van der Waals surface area (Å²) in [5.74, 6) is -2.61. The molecule has 9 N–H and O–H groups in total. The number of benzene rings is 1. The van der Waals surface area contributed by atoms with Crippen molar-refractivity contribution in [1.29, 1.82) is 0 Å². The van der Waals surface area contributed by atoms with E-state index in [4.69, 9.17) is 27.4 Å². The van der Waals surface area contributed by atoms with E-state index < -0.39 is 29.9 Å². The molecule has 0 saturated carbocycles. The minimum atomic E-state index is -1.11. The van der Waals surface area contributed by atoms with E-state index in [1.807, 2.05) is 30.5 Å². The maximum atomic E-state index is 10.6. The number of nitrogens with two attached hydrogens (primary N) is 3. The van der Waals surface area contributed by atoms with Gasteiger partial charge in [-0.1, -0.05) is 18.2 Å². The lowest BCUT2D eigenvalue weighted by molar-refractivity contribution is -0.139. The van der Waals surface area contributed by atoms with Crippen molar-refractivity contribution in [2.75, 3.05) is 0 Å². The Bertz CT molecular complexity index is 743. The number of aromatic amines is 1. The summed E-state index contributed by atoms with van der Waals surface area (Å²) < 4.78 is 0. The van der Waals surface area contributed by atoms with Crippen LogP contribution < -0.4 is 17.2 Å². The van der Waals surface area contributed by atoms with E-state index >= 15 is 0 Å². The Morgan fingerprint density at radius 3 is 2.20 bits per heavy atom. The Morgan fingerprint density at radius 1 is 1.04 bits per heavy atom. The van der Waals surface area contributed by atoms with Crippen molar-refractivity contribution in [2.24, 2.45) is 17.2 Å². The second-order valence-corrected chi connectivity index (χ2v) is 5.46. The molecule has 0 spiro atoms. The van der Waals surface area contributed by atoms with Crippen molar-refractivity contribution in [3.8, 4) is 0 Å². The van der Waals surface area contributed by atoms with Gasteiger partial charge in [-0.3, -0.25) is 14.4 Å². The average Bonchev–Trinajstić information content (AvgIpc) is 2.96. The Morgan fingerprint density at radius 2 is 1.64 bits per heavy atom. The first-order chi connectivity index (χ1) is 11.7. The number of amides is 1. The molecule has 25 heavy (non-hydrogen) atoms. The van der Waals surface area contributed by atoms with E-state index in [0.717, 1.165) is 16.5 Å². The number of carboxylic acid groups (broad SMARTS) is 2. The molecule has 0 radical (unpaired) electrons. The first kappa shape index (κ1) is 20.1. The summed E-state index contributed by atoms with van der Waals surface area (Å²) in [4.78, 5) is 33.8. The van der Waals surface area contributed by atoms with Gasteiger partial charge in [0, 0.05) is 29.9 Å². The van der Waals surface area contributed by atoms with Gasteiger partial charge >= 0.3 is 11.9 Å². The molecule has 0 aliphatic rings. The molecule has 2 rings (SSSR count). The van der Waals surface area contributed by atoms with Crippen LogP contribution in [0.4, 0.5) is 0 Å². The summed E-state index contributed by atoms with van der Waals surface area (Å²) in [6.45, 7) is 0. The number of aromatic nitrogens is 1. The summed E-state index contributed by atoms with van der Waals surface area (Å²) in [5, 5.41) is 18.0. The Labute approximate surface area is 143 Å². The van der Waals surface area contributed by atoms with Crippen molar-refractivity contribution >= 4 is 28.7 Å². The van der Waals surface area contributed by atoms with E-state index in [2.05, 4.69) is 4.98 Å². The first-order valence-electron chi connectivity index (χ1n) is 7.52. The first-order valence-corrected chi connectivity index (χ1v) is 7.52. The van der Waals surface area contributed by atoms with Gasteiger partial charge in [0.1, 0.15) is 12.1 Å². The highest BCUT2D eigenvalue weighted by Crippen LogP contribution is 2.18. The predicted octanol–water partition coefficient (Wildman–Crippen LogP) is -0.214. The zero-order valence-corrected chi connectivity index (χ0v) is 13.5. The van der Waals surface area contributed by atoms with Gasteiger partial charge in [0.2, 0.25) is 5.91 Å². The Kier molecular flexibility index (Phi) is 7.57. The van der Waals surface area contributed by atoms with Crippen molar-refractivity contribution in [2.45, 2.75) is 31.3 Å². The maximum absolute atomic E-state index is 10.6. The highest BCUT2D eigenvalue weighted by molar-refractivity contribution is 5.84. The molecule has 1 aromatic carbocycles. The molecule has 2 unspecified atom stereocenters. The van der Waals surface area contributed by atoms with Crippen LogP contribution in [0.25, 0.3) is 10.9 Å². The standard InChI is InChI=1S/C11H12N2O2.C5H10N2O3/c12-9(11(14)15)5-7-6-13-10-4-2-1-3-8(7)10;6-3(5(9)10)1-2-4(7)8/h1-4,6,9,13H,5,12H2,(H,14,15);3H,1-2,6H2,(H2,7,8)(H,9,10). The van der Waals surface area contributed by atoms with Crippen molar-refractivity contribution in [3.63, 3.8) is 0 Å². The number of hydrogen-bond acceptors (Lipinski definition) is 5. The smallest absolute Gasteiger partial charge is 0.320 e. The molecule has 1 aromatic heterocycles. The number of carbonyl (C=O) groups excluding carboxylic acids is 1. The fraction of sp³-hybridized carbons (Fsp3) is 0.312. The number of carbonyl (C=O) groups is 3. The summed E-state index contributed by atoms with van der Waals surface area (Å²) in [7, 11) is 0. The van der Waals surface area contributed by atoms with E-state index in [0.29, 0.717) is 6.42 Å². The van der Waals surface area contributed by atoms with E-state index in [9.17, 15) is 14.4 Å². The summed E-state index contributed by atoms with van der Waals surface area (Å²) in [6.07, 6.45) is 2.28. The third-order valence-electron chi connectivity index (χ3n) is 3.45. The van der Waals surface area contributed by atoms with Crippen molar-refractivity contribution in [1.82, 2.24) is 4.98 Å². The monoisotopic (exact) mass is 350 g/mol. The third kappa shape index (κ3) is 6.61. The molecule has 9 nitrogen and oxygen atoms in total. The molecule has 1 heterocycles. The molecule has 0 bridgehead atoms. The van der Waals surface area contributed by atoms with Crippen LogP contribution in [0.2, 0.25) is 0 Å². The maximum Gasteiger partial charge on any atom is 0.320 e. The predicted molar refractivity (Wildman–Crippen MR) is 91.7 cm³/mol. The number of hydrogen-bond donors (Lipinski definition) is 6. The zero-order chi connectivity index (χ0) is 19.0. The number of H-pyrrole nitrogens is 1. The Hall–Kier alpha value is -2.91. The molecular weight excluding hydrogens is 328 g/mol. The summed E-state index contributed by atoms with van der Waals surface area (Å²) >= 11 is 0. The third-order valence-corrected chi connectivity index (χ3v) is 3.45. The number of nitrogens with one attached hydrogen (secondary N) is 1. The van der Waals surface area contributed by atoms with Gasteiger partial charge in [-0.15, -0.1) is 0 Å². The van der Waals surface area contributed by atoms with Gasteiger partial charge in [-0.25, -0.2) is 0 Å². The van der Waals surface area contributed by atoms with Gasteiger partial charge < -0.3 is 32.4 Å². The van der Waals surface area contributed by atoms with Crippen LogP contribution in [0.3, 0.4) is 0 Å². The van der Waals surface area contributed by atoms with Gasteiger partial charge in [0.05, 0.1) is 0 Å². The molecule has 0 aliphatic heterocycles. The lowest BCUT2D eigenvalue weighted by atomic mass is 10.1. The zero-order valence-electron chi connectivity index (χ0n) is 13.5. The number of carboxylic acids is 2. The lowest BCUT2D eigenvalue weighted by Gasteiger charge is -2.04. The highest BCUT2D eigenvalue weighted by Gasteiger charge is 2.14. The molecular formula is C16H22N4O5. The van der Waals surface area contributed by atoms with Gasteiger partial charge in [-0.05, 0) is 18.1 Å². The molecule has 0 aliphatic carbocycles. The fourth-order valence-corrected chi connectivity index (χ4v) is 2.05. The van der Waals surface area contributed by atoms with Crippen LogP contribution in [-0.4, -0.2) is 45.1 Å². The van der Waals surface area contributed by atoms with Crippen molar-refractivity contribution < 1.29 is 24.6 Å². The van der Waals surface area contributed by atoms with Crippen molar-refractivity contribution in [3.05, 3.63) is 36.0 Å². The quantitative estimate of drug-likeness (QED) is 0.398. The topological polar surface area (TPSA) is 186 Å². The number of para-hydroxylation sites is 1. The summed E-state index contributed by atoms with van der Waals surface area (Å²) in [5.41, 5.74) is 17.2. The number of aliphatic carboxylic acids is 2.